The molecule has 0 aliphatic carbocycles. The Morgan fingerprint density at radius 2 is 2.11 bits per heavy atom. The lowest BCUT2D eigenvalue weighted by molar-refractivity contribution is -0.116. The van der Waals surface area contributed by atoms with E-state index in [0.29, 0.717) is 13.0 Å². The molecule has 1 aliphatic heterocycles. The molecule has 0 aromatic heterocycles. The van der Waals surface area contributed by atoms with Crippen LogP contribution < -0.4 is 9.64 Å². The molecule has 3 nitrogen and oxygen atoms in total. The molecule has 0 bridgehead atoms. The normalized spacial score (nSPS) is 19.7. The first kappa shape index (κ1) is 13.2. The third-order valence-corrected chi connectivity index (χ3v) is 3.38. The Morgan fingerprint density at radius 1 is 1.39 bits per heavy atom. The van der Waals surface area contributed by atoms with Crippen molar-refractivity contribution in [3.05, 3.63) is 24.0 Å². The molecule has 1 aromatic rings. The second-order valence-electron chi connectivity index (χ2n) is 3.77. The molecule has 1 fully saturated rings. The molecule has 2 rings (SSSR count). The topological polar surface area (TPSA) is 29.5 Å². The van der Waals surface area contributed by atoms with Crippen molar-refractivity contribution < 1.29 is 22.7 Å². The summed E-state index contributed by atoms with van der Waals surface area (Å²) in [6.45, 7) is -2.62. The largest absolute Gasteiger partial charge is 0.435 e. The van der Waals surface area contributed by atoms with Crippen molar-refractivity contribution in [2.75, 3.05) is 11.4 Å². The third-order valence-electron chi connectivity index (χ3n) is 2.53. The molecule has 1 heterocycles. The zero-order valence-corrected chi connectivity index (χ0v) is 10.7. The predicted octanol–water partition coefficient (Wildman–Crippen LogP) is 2.93. The van der Waals surface area contributed by atoms with Crippen LogP contribution in [0.2, 0.25) is 0 Å². The average Bonchev–Trinajstić information content (AvgIpc) is 2.58. The van der Waals surface area contributed by atoms with E-state index in [9.17, 15) is 18.0 Å². The molecule has 1 unspecified atom stereocenters. The standard InChI is InChI=1S/C11H9BrF3NO2/c12-9-1-2-16(10(9)17)7-3-6(13)4-8(5-7)18-11(14)15/h3-5,9,11H,1-2H2. The number of carbonyl (C=O) groups excluding carboxylic acids is 1. The van der Waals surface area contributed by atoms with Gasteiger partial charge in [0.2, 0.25) is 5.91 Å². The van der Waals surface area contributed by atoms with Gasteiger partial charge in [-0.25, -0.2) is 4.39 Å². The lowest BCUT2D eigenvalue weighted by Gasteiger charge is -2.17. The van der Waals surface area contributed by atoms with Gasteiger partial charge < -0.3 is 9.64 Å². The van der Waals surface area contributed by atoms with Crippen LogP contribution in [0.5, 0.6) is 5.75 Å². The highest BCUT2D eigenvalue weighted by molar-refractivity contribution is 9.10. The van der Waals surface area contributed by atoms with Crippen molar-refractivity contribution in [3.8, 4) is 5.75 Å². The van der Waals surface area contributed by atoms with E-state index in [1.165, 1.54) is 11.0 Å². The monoisotopic (exact) mass is 323 g/mol. The fourth-order valence-corrected chi connectivity index (χ4v) is 2.23. The molecule has 0 spiro atoms. The SMILES string of the molecule is O=C1C(Br)CCN1c1cc(F)cc(OC(F)F)c1. The fourth-order valence-electron chi connectivity index (χ4n) is 1.78. The van der Waals surface area contributed by atoms with Crippen LogP contribution in [-0.2, 0) is 4.79 Å². The molecule has 1 atom stereocenters. The van der Waals surface area contributed by atoms with Crippen LogP contribution in [0.25, 0.3) is 0 Å². The van der Waals surface area contributed by atoms with Gasteiger partial charge in [0.15, 0.2) is 0 Å². The molecule has 18 heavy (non-hydrogen) atoms. The summed E-state index contributed by atoms with van der Waals surface area (Å²) >= 11 is 3.18. The Hall–Kier alpha value is -1.24. The van der Waals surface area contributed by atoms with E-state index in [-0.39, 0.29) is 22.2 Å². The summed E-state index contributed by atoms with van der Waals surface area (Å²) in [5.74, 6) is -1.25. The minimum absolute atomic E-state index is 0.219. The average molecular weight is 324 g/mol. The number of alkyl halides is 3. The van der Waals surface area contributed by atoms with Crippen molar-refractivity contribution >= 4 is 27.5 Å². The van der Waals surface area contributed by atoms with Crippen LogP contribution in [0.15, 0.2) is 18.2 Å². The highest BCUT2D eigenvalue weighted by Gasteiger charge is 2.31. The number of carbonyl (C=O) groups is 1. The van der Waals surface area contributed by atoms with Gasteiger partial charge in [0.05, 0.1) is 10.5 Å². The zero-order chi connectivity index (χ0) is 13.3. The van der Waals surface area contributed by atoms with Gasteiger partial charge in [-0.05, 0) is 12.5 Å². The van der Waals surface area contributed by atoms with Gasteiger partial charge in [0.1, 0.15) is 11.6 Å². The Morgan fingerprint density at radius 3 is 2.67 bits per heavy atom. The molecule has 1 aromatic carbocycles. The van der Waals surface area contributed by atoms with E-state index in [1.54, 1.807) is 0 Å². The number of benzene rings is 1. The molecule has 98 valence electrons. The van der Waals surface area contributed by atoms with Gasteiger partial charge in [0, 0.05) is 18.7 Å². The van der Waals surface area contributed by atoms with Crippen molar-refractivity contribution in [1.82, 2.24) is 0 Å². The molecule has 1 saturated heterocycles. The van der Waals surface area contributed by atoms with Crippen molar-refractivity contribution in [1.29, 1.82) is 0 Å². The molecular weight excluding hydrogens is 315 g/mol. The number of hydrogen-bond donors (Lipinski definition) is 0. The maximum absolute atomic E-state index is 13.3. The molecule has 7 heteroatoms. The summed E-state index contributed by atoms with van der Waals surface area (Å²) in [6, 6.07) is 3.18. The lowest BCUT2D eigenvalue weighted by atomic mass is 10.2. The van der Waals surface area contributed by atoms with Gasteiger partial charge >= 0.3 is 6.61 Å². The smallest absolute Gasteiger partial charge is 0.387 e. The van der Waals surface area contributed by atoms with E-state index >= 15 is 0 Å². The van der Waals surface area contributed by atoms with Gasteiger partial charge in [-0.2, -0.15) is 8.78 Å². The Labute approximate surface area is 110 Å². The second kappa shape index (κ2) is 5.17. The number of ether oxygens (including phenoxy) is 1. The van der Waals surface area contributed by atoms with Crippen molar-refractivity contribution in [3.63, 3.8) is 0 Å². The summed E-state index contributed by atoms with van der Waals surface area (Å²) in [6.07, 6.45) is 0.584. The minimum Gasteiger partial charge on any atom is -0.435 e. The summed E-state index contributed by atoms with van der Waals surface area (Å²) < 4.78 is 41.5. The van der Waals surface area contributed by atoms with Crippen LogP contribution in [0.4, 0.5) is 18.9 Å². The Kier molecular flexibility index (Phi) is 3.79. The molecule has 0 saturated carbocycles. The van der Waals surface area contributed by atoms with E-state index in [2.05, 4.69) is 20.7 Å². The summed E-state index contributed by atoms with van der Waals surface area (Å²) in [5, 5.41) is 0. The molecule has 0 N–H and O–H groups in total. The summed E-state index contributed by atoms with van der Waals surface area (Å²) in [7, 11) is 0. The number of nitrogens with zero attached hydrogens (tertiary/aromatic N) is 1. The van der Waals surface area contributed by atoms with Crippen LogP contribution in [0.3, 0.4) is 0 Å². The maximum Gasteiger partial charge on any atom is 0.387 e. The zero-order valence-electron chi connectivity index (χ0n) is 9.08. The van der Waals surface area contributed by atoms with E-state index < -0.39 is 12.4 Å². The molecular formula is C11H9BrF3NO2. The number of hydrogen-bond acceptors (Lipinski definition) is 2. The number of amides is 1. The highest BCUT2D eigenvalue weighted by Crippen LogP contribution is 2.29. The van der Waals surface area contributed by atoms with Gasteiger partial charge in [-0.3, -0.25) is 4.79 Å². The number of halogens is 4. The van der Waals surface area contributed by atoms with E-state index in [4.69, 9.17) is 0 Å². The first-order valence-corrected chi connectivity index (χ1v) is 6.10. The molecule has 0 radical (unpaired) electrons. The number of rotatable bonds is 3. The van der Waals surface area contributed by atoms with Gasteiger partial charge in [-0.1, -0.05) is 15.9 Å². The fraction of sp³-hybridized carbons (Fsp3) is 0.364. The van der Waals surface area contributed by atoms with Crippen LogP contribution in [0.1, 0.15) is 6.42 Å². The van der Waals surface area contributed by atoms with Gasteiger partial charge in [0.25, 0.3) is 0 Å². The maximum atomic E-state index is 13.3. The third kappa shape index (κ3) is 2.77. The minimum atomic E-state index is -3.03. The Bertz CT molecular complexity index is 470. The van der Waals surface area contributed by atoms with Crippen molar-refractivity contribution in [2.45, 2.75) is 17.9 Å². The van der Waals surface area contributed by atoms with Crippen LogP contribution in [0, 0.1) is 5.82 Å². The lowest BCUT2D eigenvalue weighted by Crippen LogP contribution is -2.27. The molecule has 1 amide bonds. The summed E-state index contributed by atoms with van der Waals surface area (Å²) in [5.41, 5.74) is 0.220. The Balaban J connectivity index is 2.28. The van der Waals surface area contributed by atoms with Gasteiger partial charge in [-0.15, -0.1) is 0 Å². The molecule has 1 aliphatic rings. The summed E-state index contributed by atoms with van der Waals surface area (Å²) in [4.78, 5) is 12.7. The van der Waals surface area contributed by atoms with Crippen molar-refractivity contribution in [2.24, 2.45) is 0 Å². The quantitative estimate of drug-likeness (QED) is 0.800. The van der Waals surface area contributed by atoms with Crippen LogP contribution >= 0.6 is 15.9 Å². The first-order valence-electron chi connectivity index (χ1n) is 5.18. The van der Waals surface area contributed by atoms with E-state index in [0.717, 1.165) is 12.1 Å². The van der Waals surface area contributed by atoms with Crippen LogP contribution in [-0.4, -0.2) is 23.9 Å². The highest BCUT2D eigenvalue weighted by atomic mass is 79.9. The first-order chi connectivity index (χ1) is 8.47. The number of anilines is 1. The second-order valence-corrected chi connectivity index (χ2v) is 4.88. The predicted molar refractivity (Wildman–Crippen MR) is 62.7 cm³/mol. The van der Waals surface area contributed by atoms with E-state index in [1.807, 2.05) is 0 Å².